The molecule has 7 aromatic rings. The Labute approximate surface area is 446 Å². The minimum atomic E-state index is -1.30. The van der Waals surface area contributed by atoms with Gasteiger partial charge in [-0.15, -0.1) is 23.5 Å². The summed E-state index contributed by atoms with van der Waals surface area (Å²) in [7, 11) is 0. The molecule has 3 atom stereocenters. The Kier molecular flexibility index (Phi) is 17.1. The number of ether oxygens (including phenoxy) is 1. The van der Waals surface area contributed by atoms with E-state index in [-0.39, 0.29) is 18.6 Å². The maximum absolute atomic E-state index is 14.8. The highest BCUT2D eigenvalue weighted by Crippen LogP contribution is 2.50. The van der Waals surface area contributed by atoms with Crippen molar-refractivity contribution >= 4 is 53.1 Å². The van der Waals surface area contributed by atoms with Crippen LogP contribution in [0.1, 0.15) is 64.6 Å². The van der Waals surface area contributed by atoms with Gasteiger partial charge in [-0.2, -0.15) is 0 Å². The van der Waals surface area contributed by atoms with E-state index >= 15 is 0 Å². The fourth-order valence-corrected chi connectivity index (χ4v) is 12.7. The number of esters is 1. The molecule has 1 aromatic heterocycles. The smallest absolute Gasteiger partial charge is 0.326 e. The Morgan fingerprint density at radius 3 is 1.51 bits per heavy atom. The quantitative estimate of drug-likeness (QED) is 0.0321. The number of carbonyl (C=O) groups excluding carboxylic acids is 5. The zero-order valence-electron chi connectivity index (χ0n) is 41.4. The van der Waals surface area contributed by atoms with Crippen LogP contribution >= 0.6 is 23.5 Å². The molecule has 6 aromatic carbocycles. The van der Waals surface area contributed by atoms with E-state index in [0.717, 1.165) is 33.4 Å². The molecule has 1 aliphatic heterocycles. The molecule has 0 radical (unpaired) electrons. The van der Waals surface area contributed by atoms with Crippen LogP contribution in [0.3, 0.4) is 0 Å². The zero-order valence-corrected chi connectivity index (χ0v) is 43.0. The molecule has 2 fully saturated rings. The van der Waals surface area contributed by atoms with Crippen LogP contribution in [-0.4, -0.2) is 76.4 Å². The molecule has 4 N–H and O–H groups in total. The van der Waals surface area contributed by atoms with Crippen molar-refractivity contribution in [2.75, 3.05) is 18.1 Å². The molecule has 1 saturated carbocycles. The Hall–Kier alpha value is -7.74. The number of thioether (sulfide) groups is 2. The predicted octanol–water partition coefficient (Wildman–Crippen LogP) is 9.07. The minimum Gasteiger partial charge on any atom is -0.456 e. The summed E-state index contributed by atoms with van der Waals surface area (Å²) in [6.07, 6.45) is 6.74. The fraction of sp³-hybridized carbons (Fsp3) is 0.226. The van der Waals surface area contributed by atoms with Gasteiger partial charge in [0.15, 0.2) is 0 Å². The first-order chi connectivity index (χ1) is 36.7. The number of rotatable bonds is 16. The maximum atomic E-state index is 14.8. The molecule has 75 heavy (non-hydrogen) atoms. The monoisotopic (exact) mass is 1030 g/mol. The Balaban J connectivity index is 0.994. The van der Waals surface area contributed by atoms with Crippen molar-refractivity contribution in [3.05, 3.63) is 258 Å². The fourth-order valence-electron chi connectivity index (χ4n) is 9.67. The van der Waals surface area contributed by atoms with Crippen LogP contribution in [0.2, 0.25) is 0 Å². The van der Waals surface area contributed by atoms with Crippen LogP contribution in [0.25, 0.3) is 0 Å². The van der Waals surface area contributed by atoms with E-state index in [1.807, 2.05) is 121 Å². The van der Waals surface area contributed by atoms with E-state index in [0.29, 0.717) is 30.6 Å². The number of allylic oxidation sites excluding steroid dienone is 1. The molecule has 2 heterocycles. The molecule has 0 bridgehead atoms. The highest BCUT2D eigenvalue weighted by atomic mass is 32.2. The molecule has 1 saturated heterocycles. The summed E-state index contributed by atoms with van der Waals surface area (Å²) in [6.45, 7) is -0.487. The van der Waals surface area contributed by atoms with Crippen LogP contribution in [0.5, 0.6) is 0 Å². The predicted molar refractivity (Wildman–Crippen MR) is 297 cm³/mol. The third-order valence-electron chi connectivity index (χ3n) is 13.6. The second-order valence-corrected chi connectivity index (χ2v) is 21.2. The van der Waals surface area contributed by atoms with Gasteiger partial charge in [0.1, 0.15) is 30.3 Å². The lowest BCUT2D eigenvalue weighted by Gasteiger charge is -2.37. The first-order valence-corrected chi connectivity index (χ1v) is 27.2. The highest BCUT2D eigenvalue weighted by molar-refractivity contribution is 8.00. The van der Waals surface area contributed by atoms with E-state index in [4.69, 9.17) is 4.74 Å². The van der Waals surface area contributed by atoms with Gasteiger partial charge in [0.25, 0.3) is 0 Å². The van der Waals surface area contributed by atoms with Crippen LogP contribution in [0.4, 0.5) is 0 Å². The van der Waals surface area contributed by atoms with Crippen molar-refractivity contribution < 1.29 is 28.7 Å². The van der Waals surface area contributed by atoms with E-state index in [2.05, 4.69) is 99.0 Å². The molecule has 380 valence electrons. The van der Waals surface area contributed by atoms with E-state index in [1.165, 1.54) is 11.8 Å². The van der Waals surface area contributed by atoms with Gasteiger partial charge in [-0.3, -0.25) is 29.0 Å². The van der Waals surface area contributed by atoms with Gasteiger partial charge in [-0.05, 0) is 76.1 Å². The van der Waals surface area contributed by atoms with E-state index in [9.17, 15) is 24.0 Å². The number of hydrogen-bond acceptors (Lipinski definition) is 9. The average molecular weight is 1030 g/mol. The van der Waals surface area contributed by atoms with E-state index in [1.54, 1.807) is 36.3 Å². The number of nitrogens with one attached hydrogen (secondary N) is 4. The number of hydrogen-bond donors (Lipinski definition) is 4. The highest BCUT2D eigenvalue weighted by Gasteiger charge is 2.52. The molecule has 13 heteroatoms. The molecular formula is C62H59N5O6S2. The number of benzene rings is 6. The number of nitrogens with zero attached hydrogens (tertiary/aromatic N) is 1. The Morgan fingerprint density at radius 1 is 0.573 bits per heavy atom. The molecule has 1 spiro atoms. The third kappa shape index (κ3) is 12.4. The van der Waals surface area contributed by atoms with Gasteiger partial charge < -0.3 is 26.0 Å². The SMILES string of the molecule is O=C1C[C@@H](/C=C/CCSC(c2ccccc2)(c2ccccc2)c2ccccc2)OC(=O)CNC(=O)C2(CC2)NC(=O)[C@@H](CSC(c2ccccc2)(c2ccccc2)c2ccccc2)NC(=O)[C@@H](Cc2cccnc2)N1. The first kappa shape index (κ1) is 52.1. The lowest BCUT2D eigenvalue weighted by atomic mass is 9.84. The number of pyridine rings is 1. The normalized spacial score (nSPS) is 18.6. The summed E-state index contributed by atoms with van der Waals surface area (Å²) in [5.41, 5.74) is 5.64. The van der Waals surface area contributed by atoms with Crippen LogP contribution in [0, 0.1) is 0 Å². The summed E-state index contributed by atoms with van der Waals surface area (Å²) >= 11 is 3.27. The molecular weight excluding hydrogens is 975 g/mol. The number of carbonyl (C=O) groups is 5. The van der Waals surface area contributed by atoms with Crippen molar-refractivity contribution in [3.63, 3.8) is 0 Å². The first-order valence-electron chi connectivity index (χ1n) is 25.2. The summed E-state index contributed by atoms with van der Waals surface area (Å²) in [5.74, 6) is -2.34. The molecule has 0 unspecified atom stereocenters. The van der Waals surface area contributed by atoms with Crippen LogP contribution in [-0.2, 0) is 44.6 Å². The summed E-state index contributed by atoms with van der Waals surface area (Å²) < 4.78 is 4.51. The lowest BCUT2D eigenvalue weighted by molar-refractivity contribution is -0.148. The largest absolute Gasteiger partial charge is 0.456 e. The van der Waals surface area contributed by atoms with Gasteiger partial charge in [0.05, 0.1) is 15.9 Å². The summed E-state index contributed by atoms with van der Waals surface area (Å²) in [5, 5.41) is 11.6. The summed E-state index contributed by atoms with van der Waals surface area (Å²) in [4.78, 5) is 75.6. The van der Waals surface area contributed by atoms with Gasteiger partial charge in [-0.1, -0.05) is 194 Å². The lowest BCUT2D eigenvalue weighted by Crippen LogP contribution is -2.59. The number of aromatic nitrogens is 1. The molecule has 1 aliphatic carbocycles. The van der Waals surface area contributed by atoms with Crippen molar-refractivity contribution in [2.45, 2.75) is 65.3 Å². The molecule has 9 rings (SSSR count). The maximum Gasteiger partial charge on any atom is 0.326 e. The van der Waals surface area contributed by atoms with Gasteiger partial charge in [-0.25, -0.2) is 0 Å². The van der Waals surface area contributed by atoms with Crippen molar-refractivity contribution in [1.82, 2.24) is 26.3 Å². The second kappa shape index (κ2) is 24.5. The summed E-state index contributed by atoms with van der Waals surface area (Å²) in [6, 6.07) is 62.4. The van der Waals surface area contributed by atoms with Crippen molar-refractivity contribution in [1.29, 1.82) is 0 Å². The molecule has 11 nitrogen and oxygen atoms in total. The van der Waals surface area contributed by atoms with E-state index < -0.39 is 69.4 Å². The van der Waals surface area contributed by atoms with Gasteiger partial charge >= 0.3 is 5.97 Å². The van der Waals surface area contributed by atoms with Crippen LogP contribution < -0.4 is 21.3 Å². The zero-order chi connectivity index (χ0) is 51.9. The molecule has 4 amide bonds. The Bertz CT molecular complexity index is 2850. The topological polar surface area (TPSA) is 156 Å². The van der Waals surface area contributed by atoms with Crippen LogP contribution in [0.15, 0.2) is 219 Å². The number of cyclic esters (lactones) is 1. The second-order valence-electron chi connectivity index (χ2n) is 18.7. The molecule has 2 aliphatic rings. The Morgan fingerprint density at radius 2 is 1.05 bits per heavy atom. The van der Waals surface area contributed by atoms with Gasteiger partial charge in [0.2, 0.25) is 23.6 Å². The average Bonchev–Trinajstić information content (AvgIpc) is 4.25. The number of amides is 4. The minimum absolute atomic E-state index is 0.0464. The standard InChI is InChI=1S/C62H59N5O6S2/c68-55-41-52(35-19-20-39-74-61(46-23-7-1-8-24-46,47-25-9-2-10-26-47)48-27-11-3-12-28-48)73-56(69)43-64-59(72)60(36-37-60)67-58(71)54(66-57(70)53(65-55)40-45-22-21-38-63-42-45)44-75-62(49-29-13-4-14-30-49,50-31-15-5-16-32-50)51-33-17-6-18-34-51/h1-19,21-35,38,42,52-54H,20,36-37,39-41,43-44H2,(H,64,72)(H,65,68)(H,66,70)(H,67,71)/b35-19+/t52-,53-,54-/m1/s1. The van der Waals surface area contributed by atoms with Crippen molar-refractivity contribution in [2.24, 2.45) is 0 Å². The van der Waals surface area contributed by atoms with Gasteiger partial charge in [0, 0.05) is 24.6 Å². The third-order valence-corrected chi connectivity index (χ3v) is 16.8. The van der Waals surface area contributed by atoms with Crippen molar-refractivity contribution in [3.8, 4) is 0 Å².